The van der Waals surface area contributed by atoms with Crippen LogP contribution in [0.5, 0.6) is 0 Å². The van der Waals surface area contributed by atoms with Crippen LogP contribution in [0, 0.1) is 5.92 Å². The Labute approximate surface area is 151 Å². The zero-order valence-corrected chi connectivity index (χ0v) is 14.9. The van der Waals surface area contributed by atoms with E-state index in [0.29, 0.717) is 5.92 Å². The van der Waals surface area contributed by atoms with Crippen LogP contribution in [-0.4, -0.2) is 58.9 Å². The van der Waals surface area contributed by atoms with Crippen molar-refractivity contribution in [3.8, 4) is 0 Å². The Morgan fingerprint density at radius 1 is 1.35 bits per heavy atom. The maximum Gasteiger partial charge on any atom is 0.252 e. The lowest BCUT2D eigenvalue weighted by atomic mass is 9.88. The lowest BCUT2D eigenvalue weighted by molar-refractivity contribution is -0.130. The fourth-order valence-electron chi connectivity index (χ4n) is 4.31. The molecule has 144 valence electrons. The number of rotatable bonds is 5. The molecule has 1 amide bonds. The van der Waals surface area contributed by atoms with Gasteiger partial charge in [-0.1, -0.05) is 0 Å². The summed E-state index contributed by atoms with van der Waals surface area (Å²) in [7, 11) is 0. The summed E-state index contributed by atoms with van der Waals surface area (Å²) in [5, 5.41) is 7.12. The second kappa shape index (κ2) is 7.23. The number of amides is 1. The van der Waals surface area contributed by atoms with Gasteiger partial charge < -0.3 is 10.1 Å². The molecule has 0 bridgehead atoms. The standard InChI is InChI=1S/C18H26F2N4O2/c19-18(20)8-14(9-18)22-17(25)7-16-12-23(10-13-2-5-26-6-3-13)11-15-1-4-21-24(15)16/h1,4,13-14,16H,2-3,5-12H2,(H,22,25)/t16-/m1/s1. The molecule has 4 rings (SSSR count). The van der Waals surface area contributed by atoms with E-state index in [1.807, 2.05) is 10.7 Å². The van der Waals surface area contributed by atoms with Crippen LogP contribution in [0.25, 0.3) is 0 Å². The predicted molar refractivity (Wildman–Crippen MR) is 90.8 cm³/mol. The molecule has 3 heterocycles. The van der Waals surface area contributed by atoms with Gasteiger partial charge in [-0.25, -0.2) is 8.78 Å². The molecular weight excluding hydrogens is 342 g/mol. The summed E-state index contributed by atoms with van der Waals surface area (Å²) in [5.74, 6) is -2.15. The normalized spacial score (nSPS) is 26.9. The summed E-state index contributed by atoms with van der Waals surface area (Å²) in [4.78, 5) is 14.7. The van der Waals surface area contributed by atoms with Crippen molar-refractivity contribution < 1.29 is 18.3 Å². The lowest BCUT2D eigenvalue weighted by Crippen LogP contribution is -2.51. The van der Waals surface area contributed by atoms with Gasteiger partial charge in [-0.3, -0.25) is 14.4 Å². The number of ether oxygens (including phenoxy) is 1. The van der Waals surface area contributed by atoms with Crippen LogP contribution >= 0.6 is 0 Å². The number of halogens is 2. The highest BCUT2D eigenvalue weighted by Crippen LogP contribution is 2.37. The molecule has 2 aliphatic heterocycles. The quantitative estimate of drug-likeness (QED) is 0.863. The van der Waals surface area contributed by atoms with Gasteiger partial charge in [0.25, 0.3) is 5.92 Å². The van der Waals surface area contributed by atoms with Gasteiger partial charge in [0, 0.05) is 57.9 Å². The average molecular weight is 368 g/mol. The third-order valence-corrected chi connectivity index (χ3v) is 5.69. The van der Waals surface area contributed by atoms with Crippen LogP contribution in [0.1, 0.15) is 43.8 Å². The smallest absolute Gasteiger partial charge is 0.252 e. The first-order valence-electron chi connectivity index (χ1n) is 9.48. The first-order chi connectivity index (χ1) is 12.5. The Morgan fingerprint density at radius 3 is 2.85 bits per heavy atom. The second-order valence-electron chi connectivity index (χ2n) is 7.90. The zero-order chi connectivity index (χ0) is 18.1. The van der Waals surface area contributed by atoms with E-state index < -0.39 is 12.0 Å². The lowest BCUT2D eigenvalue weighted by Gasteiger charge is -2.38. The molecule has 1 aromatic rings. The van der Waals surface area contributed by atoms with Crippen molar-refractivity contribution in [2.75, 3.05) is 26.3 Å². The largest absolute Gasteiger partial charge is 0.381 e. The minimum atomic E-state index is -2.61. The topological polar surface area (TPSA) is 59.4 Å². The van der Waals surface area contributed by atoms with Crippen molar-refractivity contribution in [3.63, 3.8) is 0 Å². The van der Waals surface area contributed by atoms with Crippen molar-refractivity contribution in [3.05, 3.63) is 18.0 Å². The summed E-state index contributed by atoms with van der Waals surface area (Å²) in [5.41, 5.74) is 1.11. The van der Waals surface area contributed by atoms with Gasteiger partial charge in [0.2, 0.25) is 5.91 Å². The predicted octanol–water partition coefficient (Wildman–Crippen LogP) is 1.97. The Hall–Kier alpha value is -1.54. The first kappa shape index (κ1) is 17.9. The number of alkyl halides is 2. The highest BCUT2D eigenvalue weighted by atomic mass is 19.3. The van der Waals surface area contributed by atoms with Crippen LogP contribution in [0.3, 0.4) is 0 Å². The summed E-state index contributed by atoms with van der Waals surface area (Å²) >= 11 is 0. The molecule has 0 aromatic carbocycles. The number of nitrogens with zero attached hydrogens (tertiary/aromatic N) is 3. The Bertz CT molecular complexity index is 637. The van der Waals surface area contributed by atoms with E-state index in [-0.39, 0.29) is 31.2 Å². The summed E-state index contributed by atoms with van der Waals surface area (Å²) < 4.78 is 33.3. The fraction of sp³-hybridized carbons (Fsp3) is 0.778. The first-order valence-corrected chi connectivity index (χ1v) is 9.48. The number of aromatic nitrogens is 2. The van der Waals surface area contributed by atoms with Gasteiger partial charge in [-0.2, -0.15) is 5.10 Å². The summed E-state index contributed by atoms with van der Waals surface area (Å²) in [6.07, 6.45) is 3.72. The molecule has 1 aliphatic carbocycles. The highest BCUT2D eigenvalue weighted by Gasteiger charge is 2.46. The maximum absolute atomic E-state index is 12.9. The number of carbonyl (C=O) groups excluding carboxylic acids is 1. The number of nitrogens with one attached hydrogen (secondary N) is 1. The number of fused-ring (bicyclic) bond motifs is 1. The van der Waals surface area contributed by atoms with Crippen molar-refractivity contribution in [2.45, 2.75) is 56.7 Å². The van der Waals surface area contributed by atoms with Gasteiger partial charge >= 0.3 is 0 Å². The molecule has 0 unspecified atom stereocenters. The molecule has 2 fully saturated rings. The van der Waals surface area contributed by atoms with Gasteiger partial charge in [-0.05, 0) is 24.8 Å². The van der Waals surface area contributed by atoms with E-state index in [0.717, 1.165) is 51.4 Å². The Morgan fingerprint density at radius 2 is 2.12 bits per heavy atom. The van der Waals surface area contributed by atoms with Crippen LogP contribution in [0.2, 0.25) is 0 Å². The molecule has 6 nitrogen and oxygen atoms in total. The van der Waals surface area contributed by atoms with Crippen molar-refractivity contribution >= 4 is 5.91 Å². The van der Waals surface area contributed by atoms with E-state index in [1.54, 1.807) is 6.20 Å². The van der Waals surface area contributed by atoms with Crippen molar-refractivity contribution in [1.82, 2.24) is 20.0 Å². The Kier molecular flexibility index (Phi) is 4.96. The van der Waals surface area contributed by atoms with E-state index in [9.17, 15) is 13.6 Å². The van der Waals surface area contributed by atoms with Crippen LogP contribution in [-0.2, 0) is 16.1 Å². The second-order valence-corrected chi connectivity index (χ2v) is 7.90. The van der Waals surface area contributed by atoms with Gasteiger partial charge in [0.15, 0.2) is 0 Å². The SMILES string of the molecule is O=C(C[C@@H]1CN(CC2CCOCC2)Cc2ccnn21)NC1CC(F)(F)C1. The fourth-order valence-corrected chi connectivity index (χ4v) is 4.31. The number of hydrogen-bond donors (Lipinski definition) is 1. The molecule has 1 atom stereocenters. The molecule has 1 saturated heterocycles. The van der Waals surface area contributed by atoms with Crippen LogP contribution in [0.15, 0.2) is 12.3 Å². The van der Waals surface area contributed by atoms with Crippen LogP contribution < -0.4 is 5.32 Å². The third kappa shape index (κ3) is 4.06. The average Bonchev–Trinajstić information content (AvgIpc) is 3.03. The Balaban J connectivity index is 1.34. The molecule has 1 aromatic heterocycles. The molecule has 3 aliphatic rings. The van der Waals surface area contributed by atoms with E-state index in [1.165, 1.54) is 0 Å². The molecule has 26 heavy (non-hydrogen) atoms. The zero-order valence-electron chi connectivity index (χ0n) is 14.9. The van der Waals surface area contributed by atoms with Gasteiger partial charge in [-0.15, -0.1) is 0 Å². The van der Waals surface area contributed by atoms with E-state index in [4.69, 9.17) is 4.74 Å². The van der Waals surface area contributed by atoms with E-state index >= 15 is 0 Å². The third-order valence-electron chi connectivity index (χ3n) is 5.69. The molecule has 1 saturated carbocycles. The minimum Gasteiger partial charge on any atom is -0.381 e. The molecular formula is C18H26F2N4O2. The highest BCUT2D eigenvalue weighted by molar-refractivity contribution is 5.77. The maximum atomic E-state index is 12.9. The monoisotopic (exact) mass is 368 g/mol. The summed E-state index contributed by atoms with van der Waals surface area (Å²) in [6.45, 7) is 4.26. The number of carbonyl (C=O) groups is 1. The van der Waals surface area contributed by atoms with E-state index in [2.05, 4.69) is 15.3 Å². The van der Waals surface area contributed by atoms with Crippen molar-refractivity contribution in [1.29, 1.82) is 0 Å². The van der Waals surface area contributed by atoms with Gasteiger partial charge in [0.1, 0.15) is 0 Å². The summed E-state index contributed by atoms with van der Waals surface area (Å²) in [6, 6.07) is 1.55. The van der Waals surface area contributed by atoms with Crippen molar-refractivity contribution in [2.24, 2.45) is 5.92 Å². The minimum absolute atomic E-state index is 0.0471. The van der Waals surface area contributed by atoms with Gasteiger partial charge in [0.05, 0.1) is 18.2 Å². The van der Waals surface area contributed by atoms with Crippen LogP contribution in [0.4, 0.5) is 8.78 Å². The molecule has 0 radical (unpaired) electrons. The molecule has 1 N–H and O–H groups in total. The molecule has 0 spiro atoms. The number of hydrogen-bond acceptors (Lipinski definition) is 4. The molecule has 8 heteroatoms.